The number of hydrogen-bond donors (Lipinski definition) is 2. The van der Waals surface area contributed by atoms with Gasteiger partial charge >= 0.3 is 0 Å². The molecule has 0 saturated heterocycles. The highest BCUT2D eigenvalue weighted by Gasteiger charge is 2.21. The van der Waals surface area contributed by atoms with Gasteiger partial charge < -0.3 is 34.5 Å². The first-order valence-corrected chi connectivity index (χ1v) is 9.97. The predicted octanol–water partition coefficient (Wildman–Crippen LogP) is 4.14. The molecule has 1 amide bonds. The molecule has 0 bridgehead atoms. The highest BCUT2D eigenvalue weighted by Crippen LogP contribution is 2.44. The summed E-state index contributed by atoms with van der Waals surface area (Å²) in [7, 11) is 6.16. The van der Waals surface area contributed by atoms with Crippen LogP contribution in [0.3, 0.4) is 0 Å². The normalized spacial score (nSPS) is 11.2. The molecule has 178 valence electrons. The number of nitrogens with one attached hydrogen (secondary N) is 1. The fraction of sp³-hybridized carbons (Fsp3) is 0.304. The summed E-state index contributed by atoms with van der Waals surface area (Å²) < 4.78 is 27.2. The summed E-state index contributed by atoms with van der Waals surface area (Å²) in [5.41, 5.74) is 8.50. The third kappa shape index (κ3) is 5.32. The van der Waals surface area contributed by atoms with Crippen LogP contribution in [0.5, 0.6) is 23.0 Å². The zero-order chi connectivity index (χ0) is 23.3. The molecule has 2 aromatic carbocycles. The van der Waals surface area contributed by atoms with Crippen molar-refractivity contribution in [2.75, 3.05) is 33.8 Å². The van der Waals surface area contributed by atoms with Gasteiger partial charge in [-0.2, -0.15) is 0 Å². The smallest absolute Gasteiger partial charge is 0.241 e. The van der Waals surface area contributed by atoms with Gasteiger partial charge in [0.1, 0.15) is 5.75 Å². The summed E-state index contributed by atoms with van der Waals surface area (Å²) in [5.74, 6) is 2.16. The molecule has 0 fully saturated rings. The second kappa shape index (κ2) is 11.4. The zero-order valence-electron chi connectivity index (χ0n) is 19.1. The molecule has 0 aliphatic carbocycles. The number of amides is 1. The Morgan fingerprint density at radius 3 is 2.18 bits per heavy atom. The van der Waals surface area contributed by atoms with Crippen molar-refractivity contribution in [3.8, 4) is 45.4 Å². The number of halogens is 1. The predicted molar refractivity (Wildman–Crippen MR) is 128 cm³/mol. The summed E-state index contributed by atoms with van der Waals surface area (Å²) in [6.45, 7) is 1.85. The number of rotatable bonds is 9. The quantitative estimate of drug-likeness (QED) is 0.472. The number of carbonyl (C=O) groups excluding carboxylic acids is 1. The van der Waals surface area contributed by atoms with Crippen LogP contribution in [0.1, 0.15) is 13.3 Å². The Bertz CT molecular complexity index is 1080. The second-order valence-corrected chi connectivity index (χ2v) is 6.90. The van der Waals surface area contributed by atoms with E-state index in [0.29, 0.717) is 52.0 Å². The van der Waals surface area contributed by atoms with Crippen LogP contribution in [0.4, 0.5) is 5.69 Å². The lowest BCUT2D eigenvalue weighted by atomic mass is 10.0. The van der Waals surface area contributed by atoms with Crippen LogP contribution in [-0.4, -0.2) is 45.5 Å². The van der Waals surface area contributed by atoms with Crippen molar-refractivity contribution in [1.82, 2.24) is 5.16 Å². The molecule has 3 rings (SSSR count). The number of benzene rings is 2. The van der Waals surface area contributed by atoms with E-state index in [0.717, 1.165) is 5.56 Å². The first-order chi connectivity index (χ1) is 15.5. The number of nitrogens with zero attached hydrogens (tertiary/aromatic N) is 1. The van der Waals surface area contributed by atoms with Gasteiger partial charge in [0.25, 0.3) is 0 Å². The van der Waals surface area contributed by atoms with Gasteiger partial charge in [-0.25, -0.2) is 0 Å². The highest BCUT2D eigenvalue weighted by atomic mass is 35.5. The Morgan fingerprint density at radius 2 is 1.64 bits per heavy atom. The number of nitrogens with two attached hydrogens (primary N) is 1. The minimum Gasteiger partial charge on any atom is -0.495 e. The minimum atomic E-state index is -0.617. The van der Waals surface area contributed by atoms with Crippen LogP contribution in [0.15, 0.2) is 41.1 Å². The monoisotopic (exact) mass is 477 g/mol. The van der Waals surface area contributed by atoms with E-state index in [1.165, 1.54) is 14.2 Å². The number of carbonyl (C=O) groups is 1. The van der Waals surface area contributed by atoms with Gasteiger partial charge in [0.2, 0.25) is 11.7 Å². The highest BCUT2D eigenvalue weighted by molar-refractivity contribution is 5.97. The fourth-order valence-corrected chi connectivity index (χ4v) is 3.25. The van der Waals surface area contributed by atoms with Crippen molar-refractivity contribution in [3.63, 3.8) is 0 Å². The molecule has 1 atom stereocenters. The van der Waals surface area contributed by atoms with E-state index >= 15 is 0 Å². The number of anilines is 1. The third-order valence-electron chi connectivity index (χ3n) is 5.04. The Balaban J connectivity index is 0.00000385. The standard InChI is InChI=1S/C23H27N3O6.ClH/c1-6-16(24)23(27)26-17-9-13(7-8-18(17)28-2)15-12-25-32-21(15)14-10-19(29-3)22(31-5)20(11-14)30-4;/h7-12,16H,6,24H2,1-5H3,(H,26,27);1H. The SMILES string of the molecule is CCC(N)C(=O)Nc1cc(-c2cnoc2-c2cc(OC)c(OC)c(OC)c2)ccc1OC.Cl. The molecule has 0 radical (unpaired) electrons. The molecule has 0 saturated carbocycles. The Kier molecular flexibility index (Phi) is 8.95. The lowest BCUT2D eigenvalue weighted by Crippen LogP contribution is -2.34. The molecule has 0 aliphatic rings. The second-order valence-electron chi connectivity index (χ2n) is 6.90. The molecular formula is C23H28ClN3O6. The van der Waals surface area contributed by atoms with Gasteiger partial charge in [0.15, 0.2) is 17.3 Å². The van der Waals surface area contributed by atoms with Crippen LogP contribution < -0.4 is 30.0 Å². The number of aromatic nitrogens is 1. The van der Waals surface area contributed by atoms with Crippen molar-refractivity contribution < 1.29 is 28.3 Å². The van der Waals surface area contributed by atoms with E-state index in [9.17, 15) is 4.79 Å². The van der Waals surface area contributed by atoms with Gasteiger partial charge in [0.05, 0.1) is 46.4 Å². The molecule has 33 heavy (non-hydrogen) atoms. The van der Waals surface area contributed by atoms with E-state index in [1.54, 1.807) is 44.7 Å². The molecule has 3 N–H and O–H groups in total. The van der Waals surface area contributed by atoms with E-state index in [2.05, 4.69) is 10.5 Å². The van der Waals surface area contributed by atoms with Crippen LogP contribution in [-0.2, 0) is 4.79 Å². The average Bonchev–Trinajstić information content (AvgIpc) is 3.32. The molecule has 1 aromatic heterocycles. The summed E-state index contributed by atoms with van der Waals surface area (Å²) in [4.78, 5) is 12.3. The van der Waals surface area contributed by atoms with Crippen molar-refractivity contribution in [1.29, 1.82) is 0 Å². The van der Waals surface area contributed by atoms with E-state index in [1.807, 2.05) is 13.0 Å². The first kappa shape index (κ1) is 25.8. The maximum atomic E-state index is 12.3. The number of ether oxygens (including phenoxy) is 4. The number of methoxy groups -OCH3 is 4. The van der Waals surface area contributed by atoms with E-state index in [-0.39, 0.29) is 18.3 Å². The lowest BCUT2D eigenvalue weighted by Gasteiger charge is -2.15. The van der Waals surface area contributed by atoms with Crippen molar-refractivity contribution in [2.24, 2.45) is 5.73 Å². The maximum absolute atomic E-state index is 12.3. The molecule has 1 heterocycles. The van der Waals surface area contributed by atoms with Gasteiger partial charge in [-0.1, -0.05) is 18.1 Å². The first-order valence-electron chi connectivity index (χ1n) is 9.97. The Morgan fingerprint density at radius 1 is 1.00 bits per heavy atom. The molecule has 0 aliphatic heterocycles. The lowest BCUT2D eigenvalue weighted by molar-refractivity contribution is -0.117. The van der Waals surface area contributed by atoms with E-state index < -0.39 is 6.04 Å². The van der Waals surface area contributed by atoms with Crippen LogP contribution >= 0.6 is 12.4 Å². The largest absolute Gasteiger partial charge is 0.495 e. The minimum absolute atomic E-state index is 0. The van der Waals surface area contributed by atoms with Crippen LogP contribution in [0.2, 0.25) is 0 Å². The van der Waals surface area contributed by atoms with Crippen molar-refractivity contribution in [3.05, 3.63) is 36.5 Å². The summed E-state index contributed by atoms with van der Waals surface area (Å²) >= 11 is 0. The molecule has 3 aromatic rings. The van der Waals surface area contributed by atoms with Gasteiger partial charge in [-0.05, 0) is 36.2 Å². The summed E-state index contributed by atoms with van der Waals surface area (Å²) in [5, 5.41) is 6.81. The summed E-state index contributed by atoms with van der Waals surface area (Å²) in [6.07, 6.45) is 2.12. The Labute approximate surface area is 198 Å². The molecule has 9 nitrogen and oxygen atoms in total. The Hall–Kier alpha value is -3.43. The summed E-state index contributed by atoms with van der Waals surface area (Å²) in [6, 6.07) is 8.33. The van der Waals surface area contributed by atoms with Crippen molar-refractivity contribution in [2.45, 2.75) is 19.4 Å². The van der Waals surface area contributed by atoms with Crippen molar-refractivity contribution >= 4 is 24.0 Å². The molecule has 0 spiro atoms. The zero-order valence-corrected chi connectivity index (χ0v) is 19.9. The topological polar surface area (TPSA) is 118 Å². The third-order valence-corrected chi connectivity index (χ3v) is 5.04. The average molecular weight is 478 g/mol. The van der Waals surface area contributed by atoms with Crippen LogP contribution in [0, 0.1) is 0 Å². The van der Waals surface area contributed by atoms with E-state index in [4.69, 9.17) is 29.2 Å². The van der Waals surface area contributed by atoms with Gasteiger partial charge in [-0.15, -0.1) is 12.4 Å². The van der Waals surface area contributed by atoms with Gasteiger partial charge in [-0.3, -0.25) is 4.79 Å². The molecular weight excluding hydrogens is 450 g/mol. The van der Waals surface area contributed by atoms with Gasteiger partial charge in [0, 0.05) is 11.1 Å². The fourth-order valence-electron chi connectivity index (χ4n) is 3.25. The van der Waals surface area contributed by atoms with Crippen LogP contribution in [0.25, 0.3) is 22.5 Å². The maximum Gasteiger partial charge on any atom is 0.241 e. The number of hydrogen-bond acceptors (Lipinski definition) is 8. The molecule has 1 unspecified atom stereocenters. The molecule has 10 heteroatoms.